The molecule has 0 bridgehead atoms. The van der Waals surface area contributed by atoms with Gasteiger partial charge in [0, 0.05) is 25.2 Å². The molecule has 86 valence electrons. The van der Waals surface area contributed by atoms with E-state index >= 15 is 0 Å². The molecular weight excluding hydrogens is 254 g/mol. The zero-order valence-electron chi connectivity index (χ0n) is 9.32. The summed E-state index contributed by atoms with van der Waals surface area (Å²) >= 11 is 0. The molecule has 1 heterocycles. The van der Waals surface area contributed by atoms with Gasteiger partial charge in [0.1, 0.15) is 6.54 Å². The second kappa shape index (κ2) is 8.86. The van der Waals surface area contributed by atoms with Crippen LogP contribution in [0.2, 0.25) is 0 Å². The predicted molar refractivity (Wildman–Crippen MR) is 56.9 cm³/mol. The molecule has 0 fully saturated rings. The highest BCUT2D eigenvalue weighted by Gasteiger charge is 1.98. The summed E-state index contributed by atoms with van der Waals surface area (Å²) in [6.07, 6.45) is 8.75. The van der Waals surface area contributed by atoms with Crippen LogP contribution in [0.25, 0.3) is 0 Å². The second-order valence-electron chi connectivity index (χ2n) is 3.75. The molecule has 0 atom stereocenters. The maximum absolute atomic E-state index is 8.61. The van der Waals surface area contributed by atoms with Crippen molar-refractivity contribution in [3.63, 3.8) is 0 Å². The van der Waals surface area contributed by atoms with E-state index in [1.807, 2.05) is 0 Å². The van der Waals surface area contributed by atoms with E-state index in [0.29, 0.717) is 6.61 Å². The maximum Gasteiger partial charge on any atom is 0.169 e. The van der Waals surface area contributed by atoms with Crippen molar-refractivity contribution in [2.75, 3.05) is 6.61 Å². The van der Waals surface area contributed by atoms with Gasteiger partial charge in [-0.2, -0.15) is 0 Å². The van der Waals surface area contributed by atoms with Gasteiger partial charge in [0.05, 0.1) is 0 Å². The Hall–Kier alpha value is -0.410. The number of aliphatic hydroxyl groups excluding tert-OH is 1. The van der Waals surface area contributed by atoms with Crippen molar-refractivity contribution in [1.29, 1.82) is 0 Å². The molecule has 0 aliphatic carbocycles. The fraction of sp³-hybridized carbons (Fsp3) is 0.583. The number of rotatable bonds is 6. The van der Waals surface area contributed by atoms with Crippen molar-refractivity contribution in [3.05, 3.63) is 30.1 Å². The van der Waals surface area contributed by atoms with Crippen molar-refractivity contribution < 1.29 is 26.7 Å². The van der Waals surface area contributed by atoms with Gasteiger partial charge in [-0.3, -0.25) is 0 Å². The average Bonchev–Trinajstić information content (AvgIpc) is 2.21. The van der Waals surface area contributed by atoms with E-state index in [1.54, 1.807) is 0 Å². The van der Waals surface area contributed by atoms with Crippen LogP contribution in [0.1, 0.15) is 31.2 Å². The Bertz CT molecular complexity index is 248. The highest BCUT2D eigenvalue weighted by atomic mass is 79.9. The number of unbranched alkanes of at least 4 members (excludes halogenated alkanes) is 3. The third-order valence-corrected chi connectivity index (χ3v) is 2.38. The van der Waals surface area contributed by atoms with Crippen LogP contribution in [0.3, 0.4) is 0 Å². The zero-order chi connectivity index (χ0) is 10.2. The van der Waals surface area contributed by atoms with Gasteiger partial charge in [0.2, 0.25) is 0 Å². The van der Waals surface area contributed by atoms with Crippen molar-refractivity contribution in [2.24, 2.45) is 0 Å². The monoisotopic (exact) mass is 273 g/mol. The number of aryl methyl sites for hydroxylation is 2. The van der Waals surface area contributed by atoms with Crippen LogP contribution in [0, 0.1) is 6.92 Å². The molecule has 3 heteroatoms. The van der Waals surface area contributed by atoms with Crippen molar-refractivity contribution >= 4 is 0 Å². The van der Waals surface area contributed by atoms with Crippen LogP contribution in [0.15, 0.2) is 24.5 Å². The Balaban J connectivity index is 0.00000196. The molecule has 0 aliphatic heterocycles. The van der Waals surface area contributed by atoms with E-state index in [0.717, 1.165) is 19.4 Å². The lowest BCUT2D eigenvalue weighted by molar-refractivity contribution is -0.697. The van der Waals surface area contributed by atoms with E-state index in [9.17, 15) is 0 Å². The SMILES string of the molecule is Cc1cc[n+](CCCCCCO)cc1.[Br-]. The largest absolute Gasteiger partial charge is 1.00 e. The molecule has 1 rings (SSSR count). The molecule has 1 N–H and O–H groups in total. The first-order chi connectivity index (χ1) is 6.83. The Labute approximate surface area is 103 Å². The van der Waals surface area contributed by atoms with Crippen LogP contribution in [0.4, 0.5) is 0 Å². The Morgan fingerprint density at radius 2 is 1.67 bits per heavy atom. The highest BCUT2D eigenvalue weighted by Crippen LogP contribution is 1.99. The molecule has 2 nitrogen and oxygen atoms in total. The fourth-order valence-corrected chi connectivity index (χ4v) is 1.44. The van der Waals surface area contributed by atoms with Gasteiger partial charge in [-0.05, 0) is 25.3 Å². The van der Waals surface area contributed by atoms with Crippen molar-refractivity contribution in [1.82, 2.24) is 0 Å². The van der Waals surface area contributed by atoms with Crippen molar-refractivity contribution in [2.45, 2.75) is 39.2 Å². The van der Waals surface area contributed by atoms with Crippen LogP contribution in [-0.2, 0) is 6.54 Å². The number of halogens is 1. The van der Waals surface area contributed by atoms with Gasteiger partial charge in [-0.25, -0.2) is 4.57 Å². The molecular formula is C12H20BrNO. The number of hydrogen-bond acceptors (Lipinski definition) is 1. The van der Waals surface area contributed by atoms with Gasteiger partial charge < -0.3 is 22.1 Å². The van der Waals surface area contributed by atoms with Crippen LogP contribution in [-0.4, -0.2) is 11.7 Å². The number of pyridine rings is 1. The molecule has 1 aromatic heterocycles. The molecule has 0 amide bonds. The first-order valence-corrected chi connectivity index (χ1v) is 5.39. The van der Waals surface area contributed by atoms with Gasteiger partial charge >= 0.3 is 0 Å². The van der Waals surface area contributed by atoms with Gasteiger partial charge in [-0.15, -0.1) is 0 Å². The lowest BCUT2D eigenvalue weighted by atomic mass is 10.2. The zero-order valence-corrected chi connectivity index (χ0v) is 10.9. The van der Waals surface area contributed by atoms with E-state index < -0.39 is 0 Å². The molecule has 0 saturated carbocycles. The summed E-state index contributed by atoms with van der Waals surface area (Å²) in [5, 5.41) is 8.61. The summed E-state index contributed by atoms with van der Waals surface area (Å²) in [5.74, 6) is 0. The molecule has 15 heavy (non-hydrogen) atoms. The first-order valence-electron chi connectivity index (χ1n) is 5.39. The van der Waals surface area contributed by atoms with E-state index in [4.69, 9.17) is 5.11 Å². The molecule has 0 saturated heterocycles. The second-order valence-corrected chi connectivity index (χ2v) is 3.75. The molecule has 0 unspecified atom stereocenters. The van der Waals surface area contributed by atoms with Crippen LogP contribution >= 0.6 is 0 Å². The minimum absolute atomic E-state index is 0. The van der Waals surface area contributed by atoms with E-state index in [-0.39, 0.29) is 17.0 Å². The molecule has 0 spiro atoms. The summed E-state index contributed by atoms with van der Waals surface area (Å²) in [6, 6.07) is 4.27. The molecule has 1 aromatic rings. The van der Waals surface area contributed by atoms with Crippen LogP contribution < -0.4 is 21.5 Å². The summed E-state index contributed by atoms with van der Waals surface area (Å²) in [6.45, 7) is 3.52. The minimum Gasteiger partial charge on any atom is -1.00 e. The molecule has 0 aliphatic rings. The molecule has 0 radical (unpaired) electrons. The third kappa shape index (κ3) is 6.63. The lowest BCUT2D eigenvalue weighted by Gasteiger charge is -1.97. The highest BCUT2D eigenvalue weighted by molar-refractivity contribution is 5.03. The summed E-state index contributed by atoms with van der Waals surface area (Å²) in [7, 11) is 0. The summed E-state index contributed by atoms with van der Waals surface area (Å²) in [5.41, 5.74) is 1.31. The van der Waals surface area contributed by atoms with Gasteiger partial charge in [0.15, 0.2) is 12.4 Å². The average molecular weight is 274 g/mol. The predicted octanol–water partition coefficient (Wildman–Crippen LogP) is -1.16. The topological polar surface area (TPSA) is 24.1 Å². The van der Waals surface area contributed by atoms with Crippen LogP contribution in [0.5, 0.6) is 0 Å². The van der Waals surface area contributed by atoms with Crippen molar-refractivity contribution in [3.8, 4) is 0 Å². The molecule has 0 aromatic carbocycles. The third-order valence-electron chi connectivity index (χ3n) is 2.38. The fourth-order valence-electron chi connectivity index (χ4n) is 1.44. The number of aliphatic hydroxyl groups is 1. The number of hydrogen-bond donors (Lipinski definition) is 1. The Kier molecular flexibility index (Phi) is 8.62. The summed E-state index contributed by atoms with van der Waals surface area (Å²) in [4.78, 5) is 0. The normalized spacial score (nSPS) is 9.73. The summed E-state index contributed by atoms with van der Waals surface area (Å²) < 4.78 is 2.21. The Morgan fingerprint density at radius 1 is 1.07 bits per heavy atom. The lowest BCUT2D eigenvalue weighted by Crippen LogP contribution is -3.00. The van der Waals surface area contributed by atoms with Gasteiger partial charge in [0.25, 0.3) is 0 Å². The minimum atomic E-state index is 0. The quantitative estimate of drug-likeness (QED) is 0.513. The maximum atomic E-state index is 8.61. The standard InChI is InChI=1S/C12H20NO.BrH/c1-12-6-9-13(10-7-12)8-4-2-3-5-11-14;/h6-7,9-10,14H,2-5,8,11H2,1H3;1H/q+1;/p-1. The first kappa shape index (κ1) is 14.6. The number of aromatic nitrogens is 1. The smallest absolute Gasteiger partial charge is 0.169 e. The van der Waals surface area contributed by atoms with Gasteiger partial charge in [-0.1, -0.05) is 6.42 Å². The number of nitrogens with zero attached hydrogens (tertiary/aromatic N) is 1. The van der Waals surface area contributed by atoms with E-state index in [1.165, 1.54) is 18.4 Å². The van der Waals surface area contributed by atoms with E-state index in [2.05, 4.69) is 36.0 Å². The Morgan fingerprint density at radius 3 is 2.27 bits per heavy atom.